The van der Waals surface area contributed by atoms with Gasteiger partial charge in [0.1, 0.15) is 11.2 Å². The van der Waals surface area contributed by atoms with Gasteiger partial charge in [-0.1, -0.05) is 115 Å². The molecule has 3 aromatic heterocycles. The van der Waals surface area contributed by atoms with Gasteiger partial charge in [-0.05, 0) is 70.9 Å². The van der Waals surface area contributed by atoms with Crippen LogP contribution in [0, 0.1) is 0 Å². The highest BCUT2D eigenvalue weighted by Crippen LogP contribution is 2.45. The zero-order valence-electron chi connectivity index (χ0n) is 28.6. The van der Waals surface area contributed by atoms with E-state index < -0.39 is 0 Å². The molecule has 1 aliphatic rings. The summed E-state index contributed by atoms with van der Waals surface area (Å²) >= 11 is 0. The summed E-state index contributed by atoms with van der Waals surface area (Å²) in [6.07, 6.45) is -0.251. The minimum absolute atomic E-state index is 0.129. The Hall–Kier alpha value is -6.82. The Kier molecular flexibility index (Phi) is 5.90. The molecule has 11 aromatic rings. The van der Waals surface area contributed by atoms with Gasteiger partial charge in [0.05, 0.1) is 28.1 Å². The zero-order valence-corrected chi connectivity index (χ0v) is 28.6. The highest BCUT2D eigenvalue weighted by molar-refractivity contribution is 6.28. The van der Waals surface area contributed by atoms with Gasteiger partial charge in [0.25, 0.3) is 0 Å². The normalized spacial score (nSPS) is 16.0. The zero-order chi connectivity index (χ0) is 34.6. The lowest BCUT2D eigenvalue weighted by Gasteiger charge is -2.36. The first-order chi connectivity index (χ1) is 26.3. The van der Waals surface area contributed by atoms with E-state index in [0.717, 1.165) is 38.9 Å². The molecule has 8 aromatic carbocycles. The Bertz CT molecular complexity index is 3260. The van der Waals surface area contributed by atoms with Gasteiger partial charge in [-0.25, -0.2) is 0 Å². The lowest BCUT2D eigenvalue weighted by molar-refractivity contribution is 0.416. The first-order valence-corrected chi connectivity index (χ1v) is 18.3. The second-order valence-corrected chi connectivity index (χ2v) is 14.2. The average molecular weight is 681 g/mol. The van der Waals surface area contributed by atoms with Crippen molar-refractivity contribution < 1.29 is 4.42 Å². The van der Waals surface area contributed by atoms with Gasteiger partial charge in [-0.15, -0.1) is 0 Å². The second kappa shape index (κ2) is 10.8. The van der Waals surface area contributed by atoms with Crippen LogP contribution in [0.25, 0.3) is 82.0 Å². The molecule has 5 heteroatoms. The number of para-hydroxylation sites is 5. The van der Waals surface area contributed by atoms with Gasteiger partial charge in [-0.3, -0.25) is 5.32 Å². The van der Waals surface area contributed by atoms with E-state index in [1.807, 2.05) is 0 Å². The second-order valence-electron chi connectivity index (χ2n) is 14.2. The summed E-state index contributed by atoms with van der Waals surface area (Å²) in [7, 11) is 0. The fourth-order valence-corrected chi connectivity index (χ4v) is 9.13. The van der Waals surface area contributed by atoms with Crippen molar-refractivity contribution in [1.29, 1.82) is 0 Å². The van der Waals surface area contributed by atoms with Gasteiger partial charge in [-0.2, -0.15) is 0 Å². The van der Waals surface area contributed by atoms with Gasteiger partial charge < -0.3 is 18.9 Å². The Labute approximate surface area is 304 Å². The van der Waals surface area contributed by atoms with Crippen LogP contribution < -0.4 is 10.6 Å². The molecule has 1 aliphatic heterocycles. The fraction of sp³-hybridized carbons (Fsp3) is 0.0417. The first-order valence-electron chi connectivity index (χ1n) is 18.3. The Balaban J connectivity index is 1.09. The van der Waals surface area contributed by atoms with Crippen molar-refractivity contribution in [3.05, 3.63) is 181 Å². The van der Waals surface area contributed by atoms with E-state index in [-0.39, 0.29) is 12.3 Å². The molecule has 0 bridgehead atoms. The summed E-state index contributed by atoms with van der Waals surface area (Å²) in [5.41, 5.74) is 11.1. The van der Waals surface area contributed by atoms with E-state index >= 15 is 0 Å². The third-order valence-electron chi connectivity index (χ3n) is 11.4. The Morgan fingerprint density at radius 1 is 0.472 bits per heavy atom. The smallest absolute Gasteiger partial charge is 0.160 e. The third kappa shape index (κ3) is 4.05. The number of hydrogen-bond donors (Lipinski definition) is 2. The Morgan fingerprint density at radius 2 is 1.11 bits per heavy atom. The van der Waals surface area contributed by atoms with Crippen molar-refractivity contribution in [3.63, 3.8) is 0 Å². The molecule has 0 amide bonds. The summed E-state index contributed by atoms with van der Waals surface area (Å²) in [6.45, 7) is 0. The molecule has 2 N–H and O–H groups in total. The van der Waals surface area contributed by atoms with Crippen molar-refractivity contribution in [2.24, 2.45) is 0 Å². The molecule has 5 nitrogen and oxygen atoms in total. The summed E-state index contributed by atoms with van der Waals surface area (Å²) in [4.78, 5) is 0. The highest BCUT2D eigenvalue weighted by Gasteiger charge is 2.32. The van der Waals surface area contributed by atoms with Crippen molar-refractivity contribution in [3.8, 4) is 5.69 Å². The molecule has 2 atom stereocenters. The molecule has 0 radical (unpaired) electrons. The topological polar surface area (TPSA) is 47.1 Å². The van der Waals surface area contributed by atoms with E-state index in [0.29, 0.717) is 0 Å². The number of hydrogen-bond acceptors (Lipinski definition) is 3. The maximum absolute atomic E-state index is 6.78. The van der Waals surface area contributed by atoms with Crippen molar-refractivity contribution >= 4 is 82.0 Å². The van der Waals surface area contributed by atoms with Crippen LogP contribution in [0.5, 0.6) is 0 Å². The molecule has 0 saturated carbocycles. The van der Waals surface area contributed by atoms with E-state index in [2.05, 4.69) is 190 Å². The monoisotopic (exact) mass is 680 g/mol. The molecule has 12 rings (SSSR count). The largest absolute Gasteiger partial charge is 0.456 e. The van der Waals surface area contributed by atoms with E-state index in [4.69, 9.17) is 4.42 Å². The van der Waals surface area contributed by atoms with E-state index in [9.17, 15) is 0 Å². The van der Waals surface area contributed by atoms with Crippen LogP contribution in [0.4, 0.5) is 5.69 Å². The molecule has 0 saturated heterocycles. The highest BCUT2D eigenvalue weighted by atomic mass is 16.3. The summed E-state index contributed by atoms with van der Waals surface area (Å²) in [5.74, 6) is 0. The summed E-state index contributed by atoms with van der Waals surface area (Å²) in [5, 5.41) is 17.7. The van der Waals surface area contributed by atoms with Crippen molar-refractivity contribution in [1.82, 2.24) is 14.5 Å². The number of aromatic nitrogens is 2. The van der Waals surface area contributed by atoms with Crippen LogP contribution in [0.15, 0.2) is 174 Å². The SMILES string of the molecule is c1ccc(-n2c3ccccc3c3c4c5ccccc5n(C5Nc6ccccc6C(c6cccc7c6oc6cc8ccccc8cc67)N5)c4ccc32)cc1. The maximum Gasteiger partial charge on any atom is 0.160 e. The number of benzene rings is 8. The average Bonchev–Trinajstić information content (AvgIpc) is 3.87. The molecule has 0 aliphatic carbocycles. The standard InChI is InChI=1S/C48H32N4O/c1-2-15-31(16-3-1)51-39-23-10-7-18-34(39)44-41(51)25-26-42-45(44)35-19-8-11-24-40(35)52(42)48-49-38-22-9-6-17-33(38)46(50-48)36-21-12-20-32-37-27-29-13-4-5-14-30(29)28-43(37)53-47(32)36/h1-28,46,48-50H. The molecule has 4 heterocycles. The van der Waals surface area contributed by atoms with Crippen LogP contribution in [0.3, 0.4) is 0 Å². The number of rotatable bonds is 3. The molecule has 250 valence electrons. The van der Waals surface area contributed by atoms with Crippen LogP contribution in [-0.2, 0) is 0 Å². The molecular formula is C48H32N4O. The molecule has 0 fully saturated rings. The predicted molar refractivity (Wildman–Crippen MR) is 219 cm³/mol. The van der Waals surface area contributed by atoms with Gasteiger partial charge in [0.15, 0.2) is 6.29 Å². The van der Waals surface area contributed by atoms with Crippen LogP contribution in [0.2, 0.25) is 0 Å². The first kappa shape index (κ1) is 28.8. The number of furan rings is 1. The third-order valence-corrected chi connectivity index (χ3v) is 11.4. The van der Waals surface area contributed by atoms with Crippen LogP contribution in [0.1, 0.15) is 23.5 Å². The number of anilines is 1. The summed E-state index contributed by atoms with van der Waals surface area (Å²) in [6, 6.07) is 61.0. The molecule has 2 unspecified atom stereocenters. The van der Waals surface area contributed by atoms with E-state index in [1.54, 1.807) is 0 Å². The lowest BCUT2D eigenvalue weighted by atomic mass is 9.93. The quantitative estimate of drug-likeness (QED) is 0.195. The number of nitrogens with zero attached hydrogens (tertiary/aromatic N) is 2. The number of nitrogens with one attached hydrogen (secondary N) is 2. The van der Waals surface area contributed by atoms with Crippen LogP contribution in [-0.4, -0.2) is 9.13 Å². The minimum Gasteiger partial charge on any atom is -0.456 e. The van der Waals surface area contributed by atoms with Crippen LogP contribution >= 0.6 is 0 Å². The number of fused-ring (bicyclic) bond motifs is 12. The summed E-state index contributed by atoms with van der Waals surface area (Å²) < 4.78 is 11.6. The van der Waals surface area contributed by atoms with Gasteiger partial charge in [0.2, 0.25) is 0 Å². The predicted octanol–water partition coefficient (Wildman–Crippen LogP) is 12.2. The molecule has 0 spiro atoms. The Morgan fingerprint density at radius 3 is 1.98 bits per heavy atom. The maximum atomic E-state index is 6.78. The minimum atomic E-state index is -0.251. The van der Waals surface area contributed by atoms with Gasteiger partial charge in [0, 0.05) is 49.3 Å². The fourth-order valence-electron chi connectivity index (χ4n) is 9.13. The van der Waals surface area contributed by atoms with Crippen molar-refractivity contribution in [2.45, 2.75) is 12.3 Å². The lowest BCUT2D eigenvalue weighted by Crippen LogP contribution is -2.40. The molecule has 53 heavy (non-hydrogen) atoms. The van der Waals surface area contributed by atoms with Crippen molar-refractivity contribution in [2.75, 3.05) is 5.32 Å². The van der Waals surface area contributed by atoms with E-state index in [1.165, 1.54) is 59.9 Å². The molecular weight excluding hydrogens is 649 g/mol. The van der Waals surface area contributed by atoms with Gasteiger partial charge >= 0.3 is 0 Å².